The van der Waals surface area contributed by atoms with Gasteiger partial charge in [0.2, 0.25) is 0 Å². The van der Waals surface area contributed by atoms with Crippen molar-refractivity contribution in [3.8, 4) is 0 Å². The molecule has 0 aliphatic carbocycles. The van der Waals surface area contributed by atoms with Gasteiger partial charge in [-0.25, -0.2) is 19.0 Å². The number of carbonyl (C=O) groups is 1. The van der Waals surface area contributed by atoms with E-state index in [1.54, 1.807) is 17.2 Å². The van der Waals surface area contributed by atoms with Gasteiger partial charge in [0.25, 0.3) is 0 Å². The minimum Gasteiger partial charge on any atom is -0.321 e. The summed E-state index contributed by atoms with van der Waals surface area (Å²) in [6.45, 7) is 9.82. The van der Waals surface area contributed by atoms with Crippen molar-refractivity contribution in [3.05, 3.63) is 41.0 Å². The Hall–Kier alpha value is -2.46. The first-order valence-corrected chi connectivity index (χ1v) is 7.18. The first kappa shape index (κ1) is 14.5. The van der Waals surface area contributed by atoms with E-state index < -0.39 is 5.82 Å². The molecule has 0 spiro atoms. The molecule has 2 heterocycles. The number of nitrogens with one attached hydrogen (secondary N) is 1. The van der Waals surface area contributed by atoms with Gasteiger partial charge < -0.3 is 10.2 Å². The molecule has 3 rings (SSSR count). The Bertz CT molecular complexity index is 648. The van der Waals surface area contributed by atoms with E-state index in [2.05, 4.69) is 15.3 Å². The van der Waals surface area contributed by atoms with Crippen molar-refractivity contribution in [1.82, 2.24) is 15.2 Å². The van der Waals surface area contributed by atoms with E-state index in [-0.39, 0.29) is 17.8 Å². The van der Waals surface area contributed by atoms with Crippen molar-refractivity contribution in [2.45, 2.75) is 12.5 Å². The summed E-state index contributed by atoms with van der Waals surface area (Å²) in [7, 11) is 0. The van der Waals surface area contributed by atoms with Gasteiger partial charge >= 0.3 is 6.03 Å². The second-order valence-corrected chi connectivity index (χ2v) is 5.27. The molecule has 1 fully saturated rings. The largest absolute Gasteiger partial charge is 0.341 e. The molecule has 0 aromatic heterocycles. The van der Waals surface area contributed by atoms with Crippen LogP contribution in [0.4, 0.5) is 14.9 Å². The summed E-state index contributed by atoms with van der Waals surface area (Å²) in [5, 5.41) is 8.74. The third kappa shape index (κ3) is 2.78. The highest BCUT2D eigenvalue weighted by molar-refractivity contribution is 5.78. The Morgan fingerprint density at radius 2 is 2.14 bits per heavy atom. The highest BCUT2D eigenvalue weighted by Crippen LogP contribution is 2.32. The van der Waals surface area contributed by atoms with Gasteiger partial charge in [-0.3, -0.25) is 0 Å². The van der Waals surface area contributed by atoms with Crippen LogP contribution in [0.3, 0.4) is 0 Å². The van der Waals surface area contributed by atoms with Gasteiger partial charge in [0, 0.05) is 38.8 Å². The van der Waals surface area contributed by atoms with Crippen LogP contribution >= 0.6 is 0 Å². The monoisotopic (exact) mass is 301 g/mol. The number of rotatable bonds is 1. The van der Waals surface area contributed by atoms with E-state index in [0.717, 1.165) is 13.1 Å². The number of urea groups is 1. The van der Waals surface area contributed by atoms with Crippen molar-refractivity contribution in [1.29, 1.82) is 0 Å². The van der Waals surface area contributed by atoms with Gasteiger partial charge in [0.05, 0.1) is 12.6 Å². The zero-order chi connectivity index (χ0) is 15.5. The van der Waals surface area contributed by atoms with Crippen LogP contribution in [0.2, 0.25) is 0 Å². The Morgan fingerprint density at radius 1 is 1.36 bits per heavy atom. The summed E-state index contributed by atoms with van der Waals surface area (Å²) < 4.78 is 13.6. The molecular formula is C15H16FN5O. The standard InChI is InChI=1S/C15H16FN5O/c1-17-13-9-11(8-12(16)10-13)14-2-3-19-21(14)15(22)20-6-4-18-5-7-20/h3,8-10,14,18H,2,4-7H2/t14-/m0/s1. The van der Waals surface area contributed by atoms with Crippen LogP contribution in [-0.4, -0.2) is 48.3 Å². The maximum absolute atomic E-state index is 13.6. The summed E-state index contributed by atoms with van der Waals surface area (Å²) in [5.74, 6) is -0.468. The number of halogens is 1. The van der Waals surface area contributed by atoms with Crippen LogP contribution in [0.25, 0.3) is 4.85 Å². The third-order valence-electron chi connectivity index (χ3n) is 3.83. The van der Waals surface area contributed by atoms with Crippen LogP contribution in [-0.2, 0) is 0 Å². The Morgan fingerprint density at radius 3 is 2.86 bits per heavy atom. The van der Waals surface area contributed by atoms with Gasteiger partial charge in [0.15, 0.2) is 5.69 Å². The van der Waals surface area contributed by atoms with E-state index in [4.69, 9.17) is 6.57 Å². The molecular weight excluding hydrogens is 285 g/mol. The number of hydrogen-bond acceptors (Lipinski definition) is 3. The van der Waals surface area contributed by atoms with Crippen LogP contribution in [0.5, 0.6) is 0 Å². The molecule has 2 aliphatic heterocycles. The first-order valence-electron chi connectivity index (χ1n) is 7.18. The van der Waals surface area contributed by atoms with Gasteiger partial charge in [-0.2, -0.15) is 5.10 Å². The van der Waals surface area contributed by atoms with Crippen molar-refractivity contribution in [2.75, 3.05) is 26.2 Å². The van der Waals surface area contributed by atoms with Crippen LogP contribution in [0, 0.1) is 12.4 Å². The smallest absolute Gasteiger partial charge is 0.321 e. The minimum atomic E-state index is -0.468. The fraction of sp³-hybridized carbons (Fsp3) is 0.400. The first-order chi connectivity index (χ1) is 10.7. The Balaban J connectivity index is 1.83. The SMILES string of the molecule is [C-]#[N+]c1cc(F)cc([C@@H]2CC=NN2C(=O)N2CCNCC2)c1. The highest BCUT2D eigenvalue weighted by Gasteiger charge is 2.32. The van der Waals surface area contributed by atoms with Gasteiger partial charge in [-0.1, -0.05) is 6.07 Å². The highest BCUT2D eigenvalue weighted by atomic mass is 19.1. The van der Waals surface area contributed by atoms with Crippen LogP contribution in [0.1, 0.15) is 18.0 Å². The normalized spacial score (nSPS) is 21.0. The van der Waals surface area contributed by atoms with Gasteiger partial charge in [-0.05, 0) is 17.7 Å². The number of benzene rings is 1. The molecule has 1 aromatic carbocycles. The number of nitrogens with zero attached hydrogens (tertiary/aromatic N) is 4. The molecule has 0 saturated carbocycles. The Labute approximate surface area is 128 Å². The molecule has 114 valence electrons. The number of piperazine rings is 1. The second-order valence-electron chi connectivity index (χ2n) is 5.27. The van der Waals surface area contributed by atoms with Gasteiger partial charge in [0.1, 0.15) is 5.82 Å². The lowest BCUT2D eigenvalue weighted by atomic mass is 10.0. The molecule has 1 N–H and O–H groups in total. The summed E-state index contributed by atoms with van der Waals surface area (Å²) in [6.07, 6.45) is 2.19. The Kier molecular flexibility index (Phi) is 4.02. The summed E-state index contributed by atoms with van der Waals surface area (Å²) in [6, 6.07) is 3.65. The molecule has 1 aromatic rings. The van der Waals surface area contributed by atoms with Crippen LogP contribution < -0.4 is 5.32 Å². The molecule has 2 aliphatic rings. The average Bonchev–Trinajstić information content (AvgIpc) is 3.04. The second kappa shape index (κ2) is 6.12. The van der Waals surface area contributed by atoms with Crippen LogP contribution in [0.15, 0.2) is 23.3 Å². The van der Waals surface area contributed by atoms with E-state index in [0.29, 0.717) is 25.1 Å². The predicted octanol–water partition coefficient (Wildman–Crippen LogP) is 2.13. The van der Waals surface area contributed by atoms with E-state index >= 15 is 0 Å². The van der Waals surface area contributed by atoms with E-state index in [1.165, 1.54) is 17.1 Å². The molecule has 1 atom stereocenters. The molecule has 1 saturated heterocycles. The quantitative estimate of drug-likeness (QED) is 0.808. The molecule has 0 radical (unpaired) electrons. The number of hydrogen-bond donors (Lipinski definition) is 1. The van der Waals surface area contributed by atoms with E-state index in [1.807, 2.05) is 0 Å². The van der Waals surface area contributed by atoms with Gasteiger partial charge in [-0.15, -0.1) is 0 Å². The zero-order valence-electron chi connectivity index (χ0n) is 12.0. The molecule has 7 heteroatoms. The maximum Gasteiger partial charge on any atom is 0.341 e. The molecule has 22 heavy (non-hydrogen) atoms. The fourth-order valence-electron chi connectivity index (χ4n) is 2.73. The third-order valence-corrected chi connectivity index (χ3v) is 3.83. The van der Waals surface area contributed by atoms with Crippen molar-refractivity contribution in [2.24, 2.45) is 5.10 Å². The van der Waals surface area contributed by atoms with Crippen molar-refractivity contribution < 1.29 is 9.18 Å². The zero-order valence-corrected chi connectivity index (χ0v) is 12.0. The fourth-order valence-corrected chi connectivity index (χ4v) is 2.73. The van der Waals surface area contributed by atoms with Crippen molar-refractivity contribution >= 4 is 17.9 Å². The molecule has 0 unspecified atom stereocenters. The number of carbonyl (C=O) groups excluding carboxylic acids is 1. The lowest BCUT2D eigenvalue weighted by molar-refractivity contribution is 0.136. The minimum absolute atomic E-state index is 0.172. The van der Waals surface area contributed by atoms with Crippen molar-refractivity contribution in [3.63, 3.8) is 0 Å². The predicted molar refractivity (Wildman–Crippen MR) is 80.2 cm³/mol. The lowest BCUT2D eigenvalue weighted by Gasteiger charge is -2.32. The molecule has 2 amide bonds. The molecule has 0 bridgehead atoms. The summed E-state index contributed by atoms with van der Waals surface area (Å²) in [5.41, 5.74) is 0.837. The maximum atomic E-state index is 13.6. The average molecular weight is 301 g/mol. The summed E-state index contributed by atoms with van der Waals surface area (Å²) in [4.78, 5) is 17.6. The number of hydrazone groups is 1. The summed E-state index contributed by atoms with van der Waals surface area (Å²) >= 11 is 0. The molecule has 6 nitrogen and oxygen atoms in total. The van der Waals surface area contributed by atoms with E-state index in [9.17, 15) is 9.18 Å². The lowest BCUT2D eigenvalue weighted by Crippen LogP contribution is -2.50. The topological polar surface area (TPSA) is 52.3 Å². The number of amides is 2.